The third-order valence-electron chi connectivity index (χ3n) is 2.79. The van der Waals surface area contributed by atoms with Gasteiger partial charge < -0.3 is 10.6 Å². The highest BCUT2D eigenvalue weighted by molar-refractivity contribution is 9.10. The minimum atomic E-state index is -0.0617. The van der Waals surface area contributed by atoms with Gasteiger partial charge in [-0.15, -0.1) is 11.3 Å². The lowest BCUT2D eigenvalue weighted by Gasteiger charge is -2.10. The number of halogens is 1. The van der Waals surface area contributed by atoms with Gasteiger partial charge in [0.2, 0.25) is 0 Å². The molecule has 0 aliphatic carbocycles. The van der Waals surface area contributed by atoms with E-state index in [0.29, 0.717) is 12.1 Å². The maximum absolute atomic E-state index is 12.2. The van der Waals surface area contributed by atoms with Crippen molar-refractivity contribution in [1.82, 2.24) is 5.32 Å². The van der Waals surface area contributed by atoms with Crippen LogP contribution in [0.25, 0.3) is 0 Å². The van der Waals surface area contributed by atoms with Crippen molar-refractivity contribution >= 4 is 38.9 Å². The van der Waals surface area contributed by atoms with E-state index in [2.05, 4.69) is 26.6 Å². The molecule has 0 saturated carbocycles. The SMILES string of the molecule is CNc1ccc(C)cc1C(=O)NCc1sccc1Br. The summed E-state index contributed by atoms with van der Waals surface area (Å²) in [6.07, 6.45) is 0. The molecule has 19 heavy (non-hydrogen) atoms. The lowest BCUT2D eigenvalue weighted by Crippen LogP contribution is -2.23. The van der Waals surface area contributed by atoms with E-state index in [4.69, 9.17) is 0 Å². The van der Waals surface area contributed by atoms with Gasteiger partial charge in [-0.3, -0.25) is 4.79 Å². The van der Waals surface area contributed by atoms with Gasteiger partial charge in [-0.05, 0) is 46.4 Å². The topological polar surface area (TPSA) is 41.1 Å². The Hall–Kier alpha value is -1.33. The van der Waals surface area contributed by atoms with Gasteiger partial charge in [0, 0.05) is 22.1 Å². The van der Waals surface area contributed by atoms with E-state index >= 15 is 0 Å². The van der Waals surface area contributed by atoms with Crippen molar-refractivity contribution in [2.45, 2.75) is 13.5 Å². The van der Waals surface area contributed by atoms with Gasteiger partial charge in [-0.2, -0.15) is 0 Å². The summed E-state index contributed by atoms with van der Waals surface area (Å²) in [5.74, 6) is -0.0617. The molecule has 2 rings (SSSR count). The van der Waals surface area contributed by atoms with Crippen molar-refractivity contribution in [2.24, 2.45) is 0 Å². The molecule has 3 nitrogen and oxygen atoms in total. The molecule has 0 aliphatic heterocycles. The fourth-order valence-electron chi connectivity index (χ4n) is 1.77. The van der Waals surface area contributed by atoms with Crippen molar-refractivity contribution in [1.29, 1.82) is 0 Å². The summed E-state index contributed by atoms with van der Waals surface area (Å²) in [7, 11) is 1.82. The van der Waals surface area contributed by atoms with Gasteiger partial charge in [0.25, 0.3) is 5.91 Å². The number of carbonyl (C=O) groups excluding carboxylic acids is 1. The van der Waals surface area contributed by atoms with Crippen molar-refractivity contribution < 1.29 is 4.79 Å². The van der Waals surface area contributed by atoms with Crippen molar-refractivity contribution in [3.8, 4) is 0 Å². The normalized spacial score (nSPS) is 10.3. The third-order valence-corrected chi connectivity index (χ3v) is 4.72. The van der Waals surface area contributed by atoms with Crippen LogP contribution in [0.15, 0.2) is 34.1 Å². The Kier molecular flexibility index (Phi) is 4.61. The molecule has 0 fully saturated rings. The molecule has 5 heteroatoms. The number of hydrogen-bond donors (Lipinski definition) is 2. The van der Waals surface area contributed by atoms with Gasteiger partial charge >= 0.3 is 0 Å². The maximum atomic E-state index is 12.2. The largest absolute Gasteiger partial charge is 0.387 e. The first-order valence-electron chi connectivity index (χ1n) is 5.90. The number of amides is 1. The zero-order chi connectivity index (χ0) is 13.8. The number of hydrogen-bond acceptors (Lipinski definition) is 3. The number of rotatable bonds is 4. The predicted octanol–water partition coefficient (Wildman–Crippen LogP) is 3.79. The summed E-state index contributed by atoms with van der Waals surface area (Å²) in [4.78, 5) is 13.3. The highest BCUT2D eigenvalue weighted by Crippen LogP contribution is 2.23. The van der Waals surface area contributed by atoms with Crippen LogP contribution >= 0.6 is 27.3 Å². The van der Waals surface area contributed by atoms with E-state index in [1.807, 2.05) is 43.6 Å². The van der Waals surface area contributed by atoms with Gasteiger partial charge in [0.1, 0.15) is 0 Å². The van der Waals surface area contributed by atoms with Gasteiger partial charge in [0.15, 0.2) is 0 Å². The van der Waals surface area contributed by atoms with Crippen LogP contribution in [0.1, 0.15) is 20.8 Å². The maximum Gasteiger partial charge on any atom is 0.253 e. The summed E-state index contributed by atoms with van der Waals surface area (Å²) in [5.41, 5.74) is 2.59. The Labute approximate surface area is 125 Å². The molecule has 2 N–H and O–H groups in total. The van der Waals surface area contributed by atoms with Gasteiger partial charge in [0.05, 0.1) is 12.1 Å². The lowest BCUT2D eigenvalue weighted by atomic mass is 10.1. The van der Waals surface area contributed by atoms with E-state index in [1.54, 1.807) is 11.3 Å². The average molecular weight is 339 g/mol. The summed E-state index contributed by atoms with van der Waals surface area (Å²) in [6, 6.07) is 7.78. The second-order valence-corrected chi connectivity index (χ2v) is 6.03. The lowest BCUT2D eigenvalue weighted by molar-refractivity contribution is 0.0952. The van der Waals surface area contributed by atoms with Gasteiger partial charge in [-0.25, -0.2) is 0 Å². The summed E-state index contributed by atoms with van der Waals surface area (Å²) in [6.45, 7) is 2.51. The Bertz CT molecular complexity index is 595. The number of carbonyl (C=O) groups is 1. The number of benzene rings is 1. The molecule has 1 heterocycles. The van der Waals surface area contributed by atoms with Crippen LogP contribution in [-0.2, 0) is 6.54 Å². The fourth-order valence-corrected chi connectivity index (χ4v) is 3.20. The molecule has 1 amide bonds. The quantitative estimate of drug-likeness (QED) is 0.890. The Morgan fingerprint density at radius 1 is 1.37 bits per heavy atom. The molecule has 2 aromatic rings. The van der Waals surface area contributed by atoms with Crippen molar-refractivity contribution in [3.05, 3.63) is 50.1 Å². The monoisotopic (exact) mass is 338 g/mol. The van der Waals surface area contributed by atoms with E-state index in [9.17, 15) is 4.79 Å². The molecular weight excluding hydrogens is 324 g/mol. The highest BCUT2D eigenvalue weighted by atomic mass is 79.9. The van der Waals surface area contributed by atoms with E-state index in [1.165, 1.54) is 0 Å². The first-order chi connectivity index (χ1) is 9.11. The molecule has 0 radical (unpaired) electrons. The first kappa shape index (κ1) is 14.1. The molecule has 0 atom stereocenters. The second-order valence-electron chi connectivity index (χ2n) is 4.17. The molecule has 0 unspecified atom stereocenters. The minimum absolute atomic E-state index is 0.0617. The van der Waals surface area contributed by atoms with Gasteiger partial charge in [-0.1, -0.05) is 11.6 Å². The standard InChI is InChI=1S/C14H15BrN2OS/c1-9-3-4-12(16-2)10(7-9)14(18)17-8-13-11(15)5-6-19-13/h3-7,16H,8H2,1-2H3,(H,17,18). The summed E-state index contributed by atoms with van der Waals surface area (Å²) < 4.78 is 1.04. The van der Waals surface area contributed by atoms with E-state index in [-0.39, 0.29) is 5.91 Å². The number of nitrogens with one attached hydrogen (secondary N) is 2. The number of thiophene rings is 1. The van der Waals surface area contributed by atoms with Crippen LogP contribution < -0.4 is 10.6 Å². The van der Waals surface area contributed by atoms with Crippen LogP contribution in [0.2, 0.25) is 0 Å². The van der Waals surface area contributed by atoms with Crippen LogP contribution in [0.3, 0.4) is 0 Å². The van der Waals surface area contributed by atoms with Crippen LogP contribution in [-0.4, -0.2) is 13.0 Å². The third kappa shape index (κ3) is 3.36. The smallest absolute Gasteiger partial charge is 0.253 e. The Balaban J connectivity index is 2.12. The zero-order valence-corrected chi connectivity index (χ0v) is 13.2. The van der Waals surface area contributed by atoms with Crippen LogP contribution in [0, 0.1) is 6.92 Å². The Morgan fingerprint density at radius 3 is 2.79 bits per heavy atom. The second kappa shape index (κ2) is 6.21. The molecule has 0 saturated heterocycles. The molecule has 0 spiro atoms. The summed E-state index contributed by atoms with van der Waals surface area (Å²) in [5, 5.41) is 7.98. The Morgan fingerprint density at radius 2 is 2.16 bits per heavy atom. The fraction of sp³-hybridized carbons (Fsp3) is 0.214. The first-order valence-corrected chi connectivity index (χ1v) is 7.57. The van der Waals surface area contributed by atoms with E-state index < -0.39 is 0 Å². The zero-order valence-electron chi connectivity index (χ0n) is 10.8. The van der Waals surface area contributed by atoms with Crippen LogP contribution in [0.5, 0.6) is 0 Å². The molecule has 1 aromatic carbocycles. The van der Waals surface area contributed by atoms with Crippen molar-refractivity contribution in [3.63, 3.8) is 0 Å². The van der Waals surface area contributed by atoms with Crippen molar-refractivity contribution in [2.75, 3.05) is 12.4 Å². The molecule has 0 bridgehead atoms. The predicted molar refractivity (Wildman–Crippen MR) is 83.9 cm³/mol. The summed E-state index contributed by atoms with van der Waals surface area (Å²) >= 11 is 5.08. The minimum Gasteiger partial charge on any atom is -0.387 e. The van der Waals surface area contributed by atoms with E-state index in [0.717, 1.165) is 20.6 Å². The number of anilines is 1. The molecule has 0 aliphatic rings. The number of aryl methyl sites for hydroxylation is 1. The molecule has 1 aromatic heterocycles. The molecular formula is C14H15BrN2OS. The van der Waals surface area contributed by atoms with Crippen LogP contribution in [0.4, 0.5) is 5.69 Å². The highest BCUT2D eigenvalue weighted by Gasteiger charge is 2.11. The molecule has 100 valence electrons. The average Bonchev–Trinajstić information content (AvgIpc) is 2.81.